The molecule has 6 nitrogen and oxygen atoms in total. The first-order chi connectivity index (χ1) is 17.4. The molecule has 36 heavy (non-hydrogen) atoms. The number of nitrogens with one attached hydrogen (secondary N) is 1. The molecule has 5 rings (SSSR count). The molecular formula is C29H23ClN2O4. The van der Waals surface area contributed by atoms with Gasteiger partial charge in [-0.15, -0.1) is 0 Å². The first-order valence-electron chi connectivity index (χ1n) is 11.4. The zero-order valence-electron chi connectivity index (χ0n) is 19.4. The zero-order valence-corrected chi connectivity index (χ0v) is 20.2. The molecule has 4 aromatic rings. The van der Waals surface area contributed by atoms with Crippen LogP contribution in [0.2, 0.25) is 5.02 Å². The third-order valence-corrected chi connectivity index (χ3v) is 6.40. The van der Waals surface area contributed by atoms with E-state index in [0.717, 1.165) is 22.4 Å². The minimum absolute atomic E-state index is 0.162. The lowest BCUT2D eigenvalue weighted by Crippen LogP contribution is -2.16. The van der Waals surface area contributed by atoms with Gasteiger partial charge in [-0.3, -0.25) is 4.79 Å². The van der Waals surface area contributed by atoms with Crippen LogP contribution >= 0.6 is 11.6 Å². The third-order valence-electron chi connectivity index (χ3n) is 6.15. The monoisotopic (exact) mass is 498 g/mol. The van der Waals surface area contributed by atoms with E-state index in [2.05, 4.69) is 5.32 Å². The maximum absolute atomic E-state index is 13.7. The van der Waals surface area contributed by atoms with Gasteiger partial charge in [-0.1, -0.05) is 72.3 Å². The number of aromatic nitrogens is 1. The Balaban J connectivity index is 1.75. The van der Waals surface area contributed by atoms with E-state index in [4.69, 9.17) is 16.3 Å². The molecule has 7 heteroatoms. The van der Waals surface area contributed by atoms with E-state index < -0.39 is 12.3 Å². The molecule has 2 N–H and O–H groups in total. The molecule has 0 saturated heterocycles. The molecule has 1 unspecified atom stereocenters. The molecule has 0 saturated carbocycles. The Morgan fingerprint density at radius 3 is 2.22 bits per heavy atom. The Bertz CT molecular complexity index is 1460. The summed E-state index contributed by atoms with van der Waals surface area (Å²) in [6.45, 7) is 2.02. The molecule has 3 aromatic carbocycles. The third kappa shape index (κ3) is 4.56. The maximum atomic E-state index is 13.7. The predicted molar refractivity (Wildman–Crippen MR) is 140 cm³/mol. The number of benzene rings is 3. The van der Waals surface area contributed by atoms with Gasteiger partial charge in [0.25, 0.3) is 5.91 Å². The van der Waals surface area contributed by atoms with Gasteiger partial charge in [0, 0.05) is 33.6 Å². The number of anilines is 1. The molecule has 0 spiro atoms. The van der Waals surface area contributed by atoms with Gasteiger partial charge in [0.1, 0.15) is 0 Å². The molecule has 0 bridgehead atoms. The second-order valence-electron chi connectivity index (χ2n) is 8.47. The van der Waals surface area contributed by atoms with Crippen molar-refractivity contribution in [2.75, 3.05) is 5.32 Å². The Hall–Kier alpha value is -4.13. The summed E-state index contributed by atoms with van der Waals surface area (Å²) in [5.41, 5.74) is 5.45. The van der Waals surface area contributed by atoms with Crippen molar-refractivity contribution in [1.82, 2.24) is 4.57 Å². The number of cyclic esters (lactones) is 1. The van der Waals surface area contributed by atoms with Crippen molar-refractivity contribution in [2.45, 2.75) is 19.8 Å². The highest BCUT2D eigenvalue weighted by Gasteiger charge is 2.30. The Morgan fingerprint density at radius 2 is 1.61 bits per heavy atom. The number of carbonyl (C=O) groups excluding carboxylic acids is 2. The van der Waals surface area contributed by atoms with Gasteiger partial charge in [0.15, 0.2) is 0 Å². The smallest absolute Gasteiger partial charge is 0.333 e. The molecule has 1 atom stereocenters. The van der Waals surface area contributed by atoms with E-state index in [0.29, 0.717) is 27.5 Å². The van der Waals surface area contributed by atoms with Crippen LogP contribution in [0.4, 0.5) is 5.69 Å². The van der Waals surface area contributed by atoms with Crippen LogP contribution in [-0.2, 0) is 16.1 Å². The van der Waals surface area contributed by atoms with Crippen LogP contribution in [0.25, 0.3) is 22.4 Å². The second kappa shape index (κ2) is 9.85. The number of esters is 1. The summed E-state index contributed by atoms with van der Waals surface area (Å²) in [6, 6.07) is 26.3. The number of ether oxygens (including phenoxy) is 1. The number of aliphatic hydroxyl groups excluding tert-OH is 1. The van der Waals surface area contributed by atoms with Gasteiger partial charge in [-0.05, 0) is 42.3 Å². The first kappa shape index (κ1) is 23.6. The Kier molecular flexibility index (Phi) is 6.46. The van der Waals surface area contributed by atoms with Crippen molar-refractivity contribution in [3.63, 3.8) is 0 Å². The molecule has 1 amide bonds. The lowest BCUT2D eigenvalue weighted by Gasteiger charge is -2.16. The second-order valence-corrected chi connectivity index (χ2v) is 8.91. The van der Waals surface area contributed by atoms with E-state index >= 15 is 0 Å². The molecule has 0 radical (unpaired) electrons. The highest BCUT2D eigenvalue weighted by molar-refractivity contribution is 6.30. The van der Waals surface area contributed by atoms with Crippen molar-refractivity contribution >= 4 is 29.2 Å². The van der Waals surface area contributed by atoms with Gasteiger partial charge in [-0.2, -0.15) is 0 Å². The predicted octanol–water partition coefficient (Wildman–Crippen LogP) is 5.84. The van der Waals surface area contributed by atoms with E-state index in [9.17, 15) is 14.7 Å². The summed E-state index contributed by atoms with van der Waals surface area (Å²) in [5.74, 6) is -0.861. The summed E-state index contributed by atoms with van der Waals surface area (Å²) in [7, 11) is 0. The van der Waals surface area contributed by atoms with E-state index in [-0.39, 0.29) is 12.5 Å². The summed E-state index contributed by atoms with van der Waals surface area (Å²) >= 11 is 6.18. The summed E-state index contributed by atoms with van der Waals surface area (Å²) in [4.78, 5) is 25.5. The quantitative estimate of drug-likeness (QED) is 0.327. The summed E-state index contributed by atoms with van der Waals surface area (Å²) in [5, 5.41) is 13.9. The van der Waals surface area contributed by atoms with E-state index in [1.165, 1.54) is 6.08 Å². The number of nitrogens with zero attached hydrogens (tertiary/aromatic N) is 1. The number of carbonyl (C=O) groups is 2. The topological polar surface area (TPSA) is 80.6 Å². The molecule has 0 fully saturated rings. The first-order valence-corrected chi connectivity index (χ1v) is 11.8. The van der Waals surface area contributed by atoms with Crippen molar-refractivity contribution in [2.24, 2.45) is 0 Å². The van der Waals surface area contributed by atoms with Gasteiger partial charge >= 0.3 is 5.97 Å². The molecule has 180 valence electrons. The van der Waals surface area contributed by atoms with Crippen LogP contribution in [-0.4, -0.2) is 27.8 Å². The van der Waals surface area contributed by atoms with Gasteiger partial charge in [0.2, 0.25) is 6.29 Å². The molecule has 1 aliphatic heterocycles. The van der Waals surface area contributed by atoms with E-state index in [1.54, 1.807) is 12.1 Å². The zero-order chi connectivity index (χ0) is 25.2. The fraction of sp³-hybridized carbons (Fsp3) is 0.103. The number of para-hydroxylation sites is 1. The van der Waals surface area contributed by atoms with E-state index in [1.807, 2.05) is 84.3 Å². The number of aliphatic hydroxyl groups is 1. The lowest BCUT2D eigenvalue weighted by molar-refractivity contribution is -0.151. The summed E-state index contributed by atoms with van der Waals surface area (Å²) < 4.78 is 6.84. The minimum atomic E-state index is -1.33. The number of hydrogen-bond donors (Lipinski definition) is 2. The van der Waals surface area contributed by atoms with Crippen LogP contribution in [0.15, 0.2) is 96.6 Å². The summed E-state index contributed by atoms with van der Waals surface area (Å²) in [6.07, 6.45) is -0.0408. The molecule has 0 aliphatic carbocycles. The van der Waals surface area contributed by atoms with Crippen LogP contribution in [0.5, 0.6) is 0 Å². The van der Waals surface area contributed by atoms with Crippen molar-refractivity contribution in [3.8, 4) is 22.4 Å². The highest BCUT2D eigenvalue weighted by atomic mass is 35.5. The van der Waals surface area contributed by atoms with Crippen LogP contribution in [0, 0.1) is 6.92 Å². The average Bonchev–Trinajstić information content (AvgIpc) is 3.35. The highest BCUT2D eigenvalue weighted by Crippen LogP contribution is 2.41. The van der Waals surface area contributed by atoms with Gasteiger partial charge in [0.05, 0.1) is 17.8 Å². The molecule has 1 aliphatic rings. The average molecular weight is 499 g/mol. The largest absolute Gasteiger partial charge is 0.429 e. The maximum Gasteiger partial charge on any atom is 0.333 e. The normalized spacial score (nSPS) is 14.9. The fourth-order valence-corrected chi connectivity index (χ4v) is 4.60. The molecule has 1 aromatic heterocycles. The lowest BCUT2D eigenvalue weighted by atomic mass is 9.96. The Labute approximate surface area is 213 Å². The van der Waals surface area contributed by atoms with Crippen molar-refractivity contribution < 1.29 is 19.4 Å². The number of amides is 1. The SMILES string of the molecule is Cc1c(C(=O)Nc2ccccc2)c(-c2ccccc2)c(-c2ccc(Cl)cc2)n1CC1=CC(=O)OC1O. The van der Waals surface area contributed by atoms with Crippen molar-refractivity contribution in [3.05, 3.63) is 113 Å². The van der Waals surface area contributed by atoms with Crippen LogP contribution in [0.3, 0.4) is 0 Å². The van der Waals surface area contributed by atoms with Crippen LogP contribution in [0.1, 0.15) is 16.1 Å². The number of hydrogen-bond acceptors (Lipinski definition) is 4. The minimum Gasteiger partial charge on any atom is -0.429 e. The molecular weight excluding hydrogens is 476 g/mol. The standard InChI is InChI=1S/C29H23ClN2O4/c1-18-25(28(34)31-23-10-6-3-7-11-23)26(19-8-4-2-5-9-19)27(20-12-14-22(30)15-13-20)32(18)17-21-16-24(33)36-29(21)35/h2-16,29,35H,17H2,1H3,(H,31,34). The van der Waals surface area contributed by atoms with Gasteiger partial charge in [-0.25, -0.2) is 4.79 Å². The molecule has 2 heterocycles. The van der Waals surface area contributed by atoms with Crippen molar-refractivity contribution in [1.29, 1.82) is 0 Å². The van der Waals surface area contributed by atoms with Crippen LogP contribution < -0.4 is 5.32 Å². The number of halogens is 1. The number of rotatable bonds is 6. The fourth-order valence-electron chi connectivity index (χ4n) is 4.47. The van der Waals surface area contributed by atoms with Gasteiger partial charge < -0.3 is 19.7 Å². The Morgan fingerprint density at radius 1 is 0.972 bits per heavy atom.